The van der Waals surface area contributed by atoms with E-state index in [2.05, 4.69) is 24.0 Å². The van der Waals surface area contributed by atoms with Gasteiger partial charge in [0.05, 0.1) is 0 Å². The van der Waals surface area contributed by atoms with E-state index < -0.39 is 0 Å². The maximum atomic E-state index is 2.12. The Morgan fingerprint density at radius 3 is 1.09 bits per heavy atom. The minimum atomic E-state index is 1.08. The number of hydrazine groups is 1. The molecule has 0 aromatic carbocycles. The molecule has 0 spiro atoms. The molecule has 2 nitrogen and oxygen atoms in total. The van der Waals surface area contributed by atoms with Crippen molar-refractivity contribution in [2.75, 3.05) is 27.7 Å². The quantitative estimate of drug-likeness (QED) is 0.576. The van der Waals surface area contributed by atoms with Crippen LogP contribution >= 0.6 is 0 Å². The zero-order valence-corrected chi connectivity index (χ0v) is 9.60. The van der Waals surface area contributed by atoms with E-state index in [0.29, 0.717) is 0 Å². The molecule has 0 aliphatic carbocycles. The third kappa shape index (κ3) is 17.8. The summed E-state index contributed by atoms with van der Waals surface area (Å²) in [7, 11) is 6.12. The van der Waals surface area contributed by atoms with Crippen LogP contribution in [0.2, 0.25) is 0 Å². The first-order valence-electron chi connectivity index (χ1n) is 4.56. The van der Waals surface area contributed by atoms with Crippen molar-refractivity contribution in [1.29, 1.82) is 0 Å². The summed E-state index contributed by atoms with van der Waals surface area (Å²) in [5.74, 6) is 0. The van der Waals surface area contributed by atoms with Crippen LogP contribution in [0.3, 0.4) is 0 Å². The van der Waals surface area contributed by atoms with Crippen LogP contribution in [-0.4, -0.2) is 37.7 Å². The van der Waals surface area contributed by atoms with Crippen LogP contribution in [0.5, 0.6) is 0 Å². The van der Waals surface area contributed by atoms with Crippen molar-refractivity contribution >= 4 is 0 Å². The van der Waals surface area contributed by atoms with Gasteiger partial charge in [0.15, 0.2) is 0 Å². The fourth-order valence-electron chi connectivity index (χ4n) is 0.283. The molecular formula is C9H26N2. The summed E-state index contributed by atoms with van der Waals surface area (Å²) >= 11 is 0. The Morgan fingerprint density at radius 2 is 1.09 bits per heavy atom. The Morgan fingerprint density at radius 1 is 0.818 bits per heavy atom. The monoisotopic (exact) mass is 162 g/mol. The SMILES string of the molecule is CC.CC.CCN(C)N(C)C. The second kappa shape index (κ2) is 16.5. The van der Waals surface area contributed by atoms with Crippen LogP contribution in [0, 0.1) is 0 Å². The lowest BCUT2D eigenvalue weighted by Gasteiger charge is -2.21. The fourth-order valence-corrected chi connectivity index (χ4v) is 0.283. The Bertz CT molecular complexity index is 44.8. The predicted octanol–water partition coefficient (Wildman–Crippen LogP) is 2.47. The van der Waals surface area contributed by atoms with E-state index in [1.165, 1.54) is 0 Å². The zero-order chi connectivity index (χ0) is 9.86. The molecule has 0 bridgehead atoms. The van der Waals surface area contributed by atoms with E-state index in [0.717, 1.165) is 6.54 Å². The molecule has 0 amide bonds. The second-order valence-electron chi connectivity index (χ2n) is 1.82. The summed E-state index contributed by atoms with van der Waals surface area (Å²) < 4.78 is 0. The average Bonchev–Trinajstić information content (AvgIpc) is 2.10. The molecule has 2 heteroatoms. The molecule has 0 heterocycles. The molecule has 0 aromatic heterocycles. The molecule has 0 radical (unpaired) electrons. The van der Waals surface area contributed by atoms with Crippen molar-refractivity contribution in [3.8, 4) is 0 Å². The van der Waals surface area contributed by atoms with Gasteiger partial charge in [0.2, 0.25) is 0 Å². The molecule has 0 aliphatic heterocycles. The van der Waals surface area contributed by atoms with Gasteiger partial charge < -0.3 is 0 Å². The van der Waals surface area contributed by atoms with E-state index in [9.17, 15) is 0 Å². The van der Waals surface area contributed by atoms with Crippen LogP contribution in [0.4, 0.5) is 0 Å². The van der Waals surface area contributed by atoms with Gasteiger partial charge in [0.1, 0.15) is 0 Å². The van der Waals surface area contributed by atoms with Crippen molar-refractivity contribution in [2.24, 2.45) is 0 Å². The van der Waals surface area contributed by atoms with Gasteiger partial charge in [-0.05, 0) is 0 Å². The molecule has 0 rings (SSSR count). The van der Waals surface area contributed by atoms with E-state index in [-0.39, 0.29) is 0 Å². The summed E-state index contributed by atoms with van der Waals surface area (Å²) in [4.78, 5) is 0. The van der Waals surface area contributed by atoms with Crippen molar-refractivity contribution in [1.82, 2.24) is 10.0 Å². The van der Waals surface area contributed by atoms with Gasteiger partial charge in [0, 0.05) is 27.7 Å². The van der Waals surface area contributed by atoms with Crippen molar-refractivity contribution in [2.45, 2.75) is 34.6 Å². The molecule has 0 N–H and O–H groups in total. The first-order valence-corrected chi connectivity index (χ1v) is 4.56. The van der Waals surface area contributed by atoms with Gasteiger partial charge in [0.25, 0.3) is 0 Å². The van der Waals surface area contributed by atoms with Gasteiger partial charge >= 0.3 is 0 Å². The lowest BCUT2D eigenvalue weighted by Crippen LogP contribution is -2.32. The van der Waals surface area contributed by atoms with Gasteiger partial charge in [-0.2, -0.15) is 0 Å². The largest absolute Gasteiger partial charge is 0.248 e. The average molecular weight is 162 g/mol. The smallest absolute Gasteiger partial charge is 0.0101 e. The van der Waals surface area contributed by atoms with Crippen LogP contribution < -0.4 is 0 Å². The normalized spacial score (nSPS) is 8.18. The van der Waals surface area contributed by atoms with Crippen molar-refractivity contribution < 1.29 is 0 Å². The van der Waals surface area contributed by atoms with Crippen molar-refractivity contribution in [3.05, 3.63) is 0 Å². The highest BCUT2D eigenvalue weighted by molar-refractivity contribution is 4.32. The third-order valence-corrected chi connectivity index (χ3v) is 1.14. The van der Waals surface area contributed by atoms with Gasteiger partial charge in [-0.25, -0.2) is 10.0 Å². The zero-order valence-electron chi connectivity index (χ0n) is 9.60. The number of hydrogen-bond acceptors (Lipinski definition) is 2. The Labute approximate surface area is 73.2 Å². The maximum Gasteiger partial charge on any atom is 0.0101 e. The van der Waals surface area contributed by atoms with Gasteiger partial charge in [-0.15, -0.1) is 0 Å². The lowest BCUT2D eigenvalue weighted by molar-refractivity contribution is 0.0629. The number of rotatable bonds is 2. The van der Waals surface area contributed by atoms with Crippen LogP contribution in [0.25, 0.3) is 0 Å². The summed E-state index contributed by atoms with van der Waals surface area (Å²) in [5.41, 5.74) is 0. The minimum Gasteiger partial charge on any atom is -0.248 e. The van der Waals surface area contributed by atoms with E-state index in [4.69, 9.17) is 0 Å². The molecule has 0 aliphatic rings. The molecule has 72 valence electrons. The lowest BCUT2D eigenvalue weighted by atomic mass is 10.7. The summed E-state index contributed by atoms with van der Waals surface area (Å²) in [6.07, 6.45) is 0. The summed E-state index contributed by atoms with van der Waals surface area (Å²) in [6.45, 7) is 11.2. The highest BCUT2D eigenvalue weighted by atomic mass is 15.6. The van der Waals surface area contributed by atoms with E-state index in [1.807, 2.05) is 41.8 Å². The molecule has 0 saturated heterocycles. The highest BCUT2D eigenvalue weighted by Gasteiger charge is 1.91. The van der Waals surface area contributed by atoms with Crippen LogP contribution in [0.1, 0.15) is 34.6 Å². The summed E-state index contributed by atoms with van der Waals surface area (Å²) in [5, 5.41) is 4.18. The van der Waals surface area contributed by atoms with E-state index in [1.54, 1.807) is 0 Å². The Hall–Kier alpha value is -0.0800. The molecule has 0 saturated carbocycles. The number of hydrogen-bond donors (Lipinski definition) is 0. The number of nitrogens with zero attached hydrogens (tertiary/aromatic N) is 2. The van der Waals surface area contributed by atoms with Crippen LogP contribution in [0.15, 0.2) is 0 Å². The predicted molar refractivity (Wildman–Crippen MR) is 54.7 cm³/mol. The fraction of sp³-hybridized carbons (Fsp3) is 1.00. The molecular weight excluding hydrogens is 136 g/mol. The topological polar surface area (TPSA) is 6.48 Å². The van der Waals surface area contributed by atoms with Gasteiger partial charge in [-0.3, -0.25) is 0 Å². The Balaban J connectivity index is -0.000000138. The first kappa shape index (κ1) is 17.1. The molecule has 0 aromatic rings. The van der Waals surface area contributed by atoms with E-state index >= 15 is 0 Å². The third-order valence-electron chi connectivity index (χ3n) is 1.14. The first-order chi connectivity index (χ1) is 5.18. The molecule has 0 atom stereocenters. The van der Waals surface area contributed by atoms with Gasteiger partial charge in [-0.1, -0.05) is 34.6 Å². The Kier molecular flexibility index (Phi) is 25.7. The highest BCUT2D eigenvalue weighted by Crippen LogP contribution is 1.80. The summed E-state index contributed by atoms with van der Waals surface area (Å²) in [6, 6.07) is 0. The van der Waals surface area contributed by atoms with Crippen LogP contribution in [-0.2, 0) is 0 Å². The maximum absolute atomic E-state index is 2.12. The molecule has 0 fully saturated rings. The second-order valence-corrected chi connectivity index (χ2v) is 1.82. The standard InChI is InChI=1S/C5H14N2.2C2H6/c1-5-7(4)6(2)3;2*1-2/h5H2,1-4H3;2*1-2H3. The molecule has 11 heavy (non-hydrogen) atoms. The van der Waals surface area contributed by atoms with Crippen molar-refractivity contribution in [3.63, 3.8) is 0 Å². The minimum absolute atomic E-state index is 1.08. The molecule has 0 unspecified atom stereocenters.